The maximum Gasteiger partial charge on any atom is 0.336 e. The van der Waals surface area contributed by atoms with Gasteiger partial charge in [0.05, 0.1) is 21.1 Å². The molecule has 0 aliphatic heterocycles. The van der Waals surface area contributed by atoms with Gasteiger partial charge < -0.3 is 5.11 Å². The molecule has 92 valence electrons. The number of pyridine rings is 1. The molecule has 0 saturated heterocycles. The van der Waals surface area contributed by atoms with Crippen LogP contribution >= 0.6 is 23.2 Å². The number of benzene rings is 1. The van der Waals surface area contributed by atoms with Crippen LogP contribution in [-0.4, -0.2) is 16.1 Å². The van der Waals surface area contributed by atoms with Gasteiger partial charge in [0.2, 0.25) is 0 Å². The van der Waals surface area contributed by atoms with Crippen molar-refractivity contribution in [1.82, 2.24) is 4.98 Å². The highest BCUT2D eigenvalue weighted by molar-refractivity contribution is 6.41. The van der Waals surface area contributed by atoms with Crippen LogP contribution in [0.2, 0.25) is 10.0 Å². The summed E-state index contributed by atoms with van der Waals surface area (Å²) in [6.07, 6.45) is 2.46. The zero-order chi connectivity index (χ0) is 12.9. The quantitative estimate of drug-likeness (QED) is 0.867. The minimum Gasteiger partial charge on any atom is -0.478 e. The van der Waals surface area contributed by atoms with Crippen molar-refractivity contribution in [3.05, 3.63) is 39.0 Å². The summed E-state index contributed by atoms with van der Waals surface area (Å²) in [5.41, 5.74) is 2.39. The third kappa shape index (κ3) is 1.58. The molecular weight excluding hydrogens is 273 g/mol. The predicted molar refractivity (Wildman–Crippen MR) is 70.7 cm³/mol. The number of carbonyl (C=O) groups is 1. The van der Waals surface area contributed by atoms with Gasteiger partial charge in [-0.1, -0.05) is 23.2 Å². The first-order valence-electron chi connectivity index (χ1n) is 5.62. The van der Waals surface area contributed by atoms with Crippen LogP contribution in [-0.2, 0) is 12.8 Å². The number of carboxylic acids is 1. The molecule has 0 unspecified atom stereocenters. The van der Waals surface area contributed by atoms with Crippen LogP contribution in [0.15, 0.2) is 12.1 Å². The summed E-state index contributed by atoms with van der Waals surface area (Å²) < 4.78 is 0. The molecule has 1 aliphatic rings. The van der Waals surface area contributed by atoms with Crippen LogP contribution < -0.4 is 0 Å². The van der Waals surface area contributed by atoms with Gasteiger partial charge in [-0.05, 0) is 37.0 Å². The Morgan fingerprint density at radius 3 is 2.67 bits per heavy atom. The second-order valence-electron chi connectivity index (χ2n) is 4.32. The fourth-order valence-corrected chi connectivity index (χ4v) is 2.98. The minimum atomic E-state index is -0.968. The molecule has 0 radical (unpaired) electrons. The SMILES string of the molecule is O=C(O)c1c2c(nc3c(Cl)ccc(Cl)c13)CCC2. The first-order chi connectivity index (χ1) is 8.59. The Bertz CT molecular complexity index is 682. The lowest BCUT2D eigenvalue weighted by Crippen LogP contribution is -2.06. The van der Waals surface area contributed by atoms with Gasteiger partial charge in [-0.25, -0.2) is 4.79 Å². The van der Waals surface area contributed by atoms with Crippen molar-refractivity contribution in [2.75, 3.05) is 0 Å². The zero-order valence-electron chi connectivity index (χ0n) is 9.33. The molecule has 1 heterocycles. The molecular formula is C13H9Cl2NO2. The molecule has 1 aromatic carbocycles. The number of aromatic nitrogens is 1. The Morgan fingerprint density at radius 2 is 1.94 bits per heavy atom. The molecule has 0 bridgehead atoms. The first-order valence-corrected chi connectivity index (χ1v) is 6.38. The summed E-state index contributed by atoms with van der Waals surface area (Å²) in [5, 5.41) is 10.7. The van der Waals surface area contributed by atoms with Crippen LogP contribution in [0.5, 0.6) is 0 Å². The molecule has 0 fully saturated rings. The molecule has 0 amide bonds. The Morgan fingerprint density at radius 1 is 1.22 bits per heavy atom. The molecule has 5 heteroatoms. The molecule has 18 heavy (non-hydrogen) atoms. The van der Waals surface area contributed by atoms with Crippen molar-refractivity contribution in [2.45, 2.75) is 19.3 Å². The highest BCUT2D eigenvalue weighted by Gasteiger charge is 2.25. The Balaban J connectivity index is 2.54. The average Bonchev–Trinajstić information content (AvgIpc) is 2.79. The maximum atomic E-state index is 11.5. The molecule has 0 atom stereocenters. The molecule has 1 aliphatic carbocycles. The summed E-state index contributed by atoms with van der Waals surface area (Å²) in [4.78, 5) is 16.0. The van der Waals surface area contributed by atoms with Crippen LogP contribution in [0, 0.1) is 0 Å². The highest BCUT2D eigenvalue weighted by Crippen LogP contribution is 2.36. The average molecular weight is 282 g/mol. The fourth-order valence-electron chi connectivity index (χ4n) is 2.53. The molecule has 2 aromatic rings. The van der Waals surface area contributed by atoms with E-state index in [9.17, 15) is 9.90 Å². The van der Waals surface area contributed by atoms with Crippen molar-refractivity contribution in [1.29, 1.82) is 0 Å². The van der Waals surface area contributed by atoms with Crippen molar-refractivity contribution in [3.8, 4) is 0 Å². The zero-order valence-corrected chi connectivity index (χ0v) is 10.8. The van der Waals surface area contributed by atoms with Crippen molar-refractivity contribution in [2.24, 2.45) is 0 Å². The third-order valence-corrected chi connectivity index (χ3v) is 3.90. The Kier molecular flexibility index (Phi) is 2.68. The number of aryl methyl sites for hydroxylation is 1. The molecule has 0 spiro atoms. The lowest BCUT2D eigenvalue weighted by atomic mass is 10.0. The van der Waals surface area contributed by atoms with Gasteiger partial charge in [0.25, 0.3) is 0 Å². The Hall–Kier alpha value is -1.32. The van der Waals surface area contributed by atoms with E-state index >= 15 is 0 Å². The standard InChI is InChI=1S/C13H9Cl2NO2/c14-7-4-5-8(15)12-11(7)10(13(17)18)6-2-1-3-9(6)16-12/h4-5H,1-3H2,(H,17,18). The highest BCUT2D eigenvalue weighted by atomic mass is 35.5. The van der Waals surface area contributed by atoms with Crippen LogP contribution in [0.25, 0.3) is 10.9 Å². The number of carboxylic acid groups (broad SMARTS) is 1. The molecule has 1 N–H and O–H groups in total. The number of fused-ring (bicyclic) bond motifs is 2. The number of hydrogen-bond donors (Lipinski definition) is 1. The van der Waals surface area contributed by atoms with E-state index in [1.165, 1.54) is 0 Å². The van der Waals surface area contributed by atoms with E-state index < -0.39 is 5.97 Å². The van der Waals surface area contributed by atoms with E-state index in [1.54, 1.807) is 12.1 Å². The summed E-state index contributed by atoms with van der Waals surface area (Å²) in [5.74, 6) is -0.968. The predicted octanol–water partition coefficient (Wildman–Crippen LogP) is 3.73. The van der Waals surface area contributed by atoms with Gasteiger partial charge in [-0.2, -0.15) is 0 Å². The van der Waals surface area contributed by atoms with Gasteiger partial charge in [-0.15, -0.1) is 0 Å². The largest absolute Gasteiger partial charge is 0.478 e. The van der Waals surface area contributed by atoms with E-state index in [-0.39, 0.29) is 5.56 Å². The number of aromatic carboxylic acids is 1. The smallest absolute Gasteiger partial charge is 0.336 e. The fraction of sp³-hybridized carbons (Fsp3) is 0.231. The normalized spacial score (nSPS) is 13.9. The van der Waals surface area contributed by atoms with Gasteiger partial charge in [0.15, 0.2) is 0 Å². The minimum absolute atomic E-state index is 0.264. The summed E-state index contributed by atoms with van der Waals surface area (Å²) in [6, 6.07) is 3.26. The summed E-state index contributed by atoms with van der Waals surface area (Å²) >= 11 is 12.2. The topological polar surface area (TPSA) is 50.2 Å². The van der Waals surface area contributed by atoms with Gasteiger partial charge >= 0.3 is 5.97 Å². The van der Waals surface area contributed by atoms with Crippen LogP contribution in [0.3, 0.4) is 0 Å². The van der Waals surface area contributed by atoms with E-state index in [1.807, 2.05) is 0 Å². The second-order valence-corrected chi connectivity index (χ2v) is 5.14. The second kappa shape index (κ2) is 4.11. The van der Waals surface area contributed by atoms with E-state index in [2.05, 4.69) is 4.98 Å². The van der Waals surface area contributed by atoms with Crippen LogP contribution in [0.1, 0.15) is 28.0 Å². The first kappa shape index (κ1) is 11.8. The monoisotopic (exact) mass is 281 g/mol. The van der Waals surface area contributed by atoms with Gasteiger partial charge in [0.1, 0.15) is 0 Å². The van der Waals surface area contributed by atoms with Crippen molar-refractivity contribution >= 4 is 40.1 Å². The van der Waals surface area contributed by atoms with Crippen LogP contribution in [0.4, 0.5) is 0 Å². The Labute approximate surface area is 113 Å². The molecule has 3 nitrogen and oxygen atoms in total. The molecule has 3 rings (SSSR count). The lowest BCUT2D eigenvalue weighted by Gasteiger charge is -2.11. The third-order valence-electron chi connectivity index (χ3n) is 3.28. The molecule has 0 saturated carbocycles. The number of nitrogens with zero attached hydrogens (tertiary/aromatic N) is 1. The van der Waals surface area contributed by atoms with Crippen molar-refractivity contribution in [3.63, 3.8) is 0 Å². The van der Waals surface area contributed by atoms with E-state index in [0.29, 0.717) is 20.9 Å². The van der Waals surface area contributed by atoms with E-state index in [4.69, 9.17) is 23.2 Å². The molecule has 1 aromatic heterocycles. The summed E-state index contributed by atoms with van der Waals surface area (Å²) in [6.45, 7) is 0. The van der Waals surface area contributed by atoms with Gasteiger partial charge in [0, 0.05) is 11.1 Å². The number of hydrogen-bond acceptors (Lipinski definition) is 2. The maximum absolute atomic E-state index is 11.5. The van der Waals surface area contributed by atoms with Crippen molar-refractivity contribution < 1.29 is 9.90 Å². The van der Waals surface area contributed by atoms with Gasteiger partial charge in [-0.3, -0.25) is 4.98 Å². The summed E-state index contributed by atoms with van der Waals surface area (Å²) in [7, 11) is 0. The van der Waals surface area contributed by atoms with E-state index in [0.717, 1.165) is 30.5 Å². The lowest BCUT2D eigenvalue weighted by molar-refractivity contribution is 0.0698. The number of halogens is 2. The number of rotatable bonds is 1.